The first-order valence-electron chi connectivity index (χ1n) is 14.3. The zero-order valence-corrected chi connectivity index (χ0v) is 29.4. The van der Waals surface area contributed by atoms with Crippen molar-refractivity contribution >= 4 is 45.3 Å². The van der Waals surface area contributed by atoms with Gasteiger partial charge < -0.3 is 0 Å². The number of benzene rings is 2. The molecule has 0 fully saturated rings. The Hall–Kier alpha value is -1.09. The van der Waals surface area contributed by atoms with Gasteiger partial charge in [0, 0.05) is 0 Å². The number of ether oxygens (including phenoxy) is 4. The minimum atomic E-state index is -1.01. The molecule has 0 bridgehead atoms. The minimum absolute atomic E-state index is 0.195. The van der Waals surface area contributed by atoms with E-state index in [9.17, 15) is 4.79 Å². The van der Waals surface area contributed by atoms with E-state index >= 15 is 0 Å². The van der Waals surface area contributed by atoms with E-state index in [0.29, 0.717) is 26.1 Å². The Morgan fingerprint density at radius 1 is 0.737 bits per heavy atom. The number of carbonyl (C=O) groups excluding carboxylic acids is 1. The molecular weight excluding hydrogens is 690 g/mol. The fourth-order valence-electron chi connectivity index (χ4n) is 5.30. The van der Waals surface area contributed by atoms with E-state index in [2.05, 4.69) is 19.8 Å². The predicted octanol–water partition coefficient (Wildman–Crippen LogP) is 7.51. The summed E-state index contributed by atoms with van der Waals surface area (Å²) >= 11 is -2.02. The molecule has 0 aliphatic carbocycles. The van der Waals surface area contributed by atoms with Crippen LogP contribution in [0.3, 0.4) is 0 Å². The molecule has 0 amide bonds. The number of fused-ring (bicyclic) bond motifs is 2. The van der Waals surface area contributed by atoms with E-state index in [1.165, 1.54) is 21.7 Å². The van der Waals surface area contributed by atoms with Crippen LogP contribution in [0.25, 0.3) is 0 Å². The zero-order chi connectivity index (χ0) is 26.9. The van der Waals surface area contributed by atoms with Crippen LogP contribution in [0.2, 0.25) is 28.6 Å². The van der Waals surface area contributed by atoms with E-state index in [1.807, 2.05) is 36.4 Å². The molecule has 0 N–H and O–H groups in total. The van der Waals surface area contributed by atoms with E-state index in [-0.39, 0.29) is 17.6 Å². The van der Waals surface area contributed by atoms with Gasteiger partial charge in [-0.1, -0.05) is 0 Å². The molecule has 0 aromatic heterocycles. The van der Waals surface area contributed by atoms with Crippen molar-refractivity contribution < 1.29 is 23.7 Å². The van der Waals surface area contributed by atoms with Gasteiger partial charge in [-0.15, -0.1) is 0 Å². The van der Waals surface area contributed by atoms with Crippen molar-refractivity contribution in [3.05, 3.63) is 47.5 Å². The summed E-state index contributed by atoms with van der Waals surface area (Å²) < 4.78 is 26.9. The molecule has 2 aliphatic heterocycles. The monoisotopic (exact) mass is 736 g/mol. The van der Waals surface area contributed by atoms with Crippen molar-refractivity contribution in [2.24, 2.45) is 0 Å². The van der Waals surface area contributed by atoms with Gasteiger partial charge in [0.15, 0.2) is 0 Å². The first-order chi connectivity index (χ1) is 18.4. The SMILES string of the molecule is [CH3][Sn]([CH3])[CH2]CCCOc1ccc2c(c1)C(C(=O)C1CCOc3ccc(OCCC[CH2][Sn]([CH3])[CH3])cc31)CCO2. The first-order valence-corrected chi connectivity index (χ1v) is 29.8. The van der Waals surface area contributed by atoms with E-state index in [4.69, 9.17) is 18.9 Å². The molecule has 206 valence electrons. The van der Waals surface area contributed by atoms with Crippen molar-refractivity contribution in [2.75, 3.05) is 26.4 Å². The Balaban J connectivity index is 1.43. The van der Waals surface area contributed by atoms with Crippen LogP contribution in [0.15, 0.2) is 36.4 Å². The summed E-state index contributed by atoms with van der Waals surface area (Å²) in [6.07, 6.45) is 6.08. The van der Waals surface area contributed by atoms with Crippen LogP contribution >= 0.6 is 0 Å². The van der Waals surface area contributed by atoms with Crippen molar-refractivity contribution in [1.82, 2.24) is 0 Å². The Morgan fingerprint density at radius 3 is 1.61 bits per heavy atom. The molecule has 5 nitrogen and oxygen atoms in total. The van der Waals surface area contributed by atoms with Gasteiger partial charge in [0.05, 0.1) is 0 Å². The van der Waals surface area contributed by atoms with Crippen molar-refractivity contribution in [2.45, 2.75) is 79.0 Å². The second kappa shape index (κ2) is 15.1. The maximum atomic E-state index is 14.0. The molecule has 2 aromatic carbocycles. The molecular formula is C31H44O5Sn2. The van der Waals surface area contributed by atoms with E-state index < -0.39 is 39.5 Å². The van der Waals surface area contributed by atoms with Gasteiger partial charge >= 0.3 is 245 Å². The maximum absolute atomic E-state index is 14.0. The predicted molar refractivity (Wildman–Crippen MR) is 158 cm³/mol. The van der Waals surface area contributed by atoms with E-state index in [1.54, 1.807) is 0 Å². The third kappa shape index (κ3) is 8.45. The average Bonchev–Trinajstić information content (AvgIpc) is 2.91. The number of rotatable bonds is 14. The molecule has 38 heavy (non-hydrogen) atoms. The average molecular weight is 734 g/mol. The summed E-state index contributed by atoms with van der Waals surface area (Å²) in [6.45, 7) is 2.57. The molecule has 2 aromatic rings. The molecule has 2 unspecified atom stereocenters. The quantitative estimate of drug-likeness (QED) is 0.149. The number of Topliss-reactive ketones (excluding diaryl/α,β-unsaturated/α-hetero) is 1. The van der Waals surface area contributed by atoms with Gasteiger partial charge in [0.25, 0.3) is 0 Å². The normalized spacial score (nSPS) is 18.4. The third-order valence-electron chi connectivity index (χ3n) is 7.41. The molecule has 2 aliphatic rings. The summed E-state index contributed by atoms with van der Waals surface area (Å²) in [5.41, 5.74) is 1.93. The molecule has 2 atom stereocenters. The number of ketones is 1. The van der Waals surface area contributed by atoms with Crippen molar-refractivity contribution in [3.63, 3.8) is 0 Å². The van der Waals surface area contributed by atoms with Gasteiger partial charge in [0.2, 0.25) is 0 Å². The Morgan fingerprint density at radius 2 is 1.18 bits per heavy atom. The van der Waals surface area contributed by atoms with E-state index in [0.717, 1.165) is 60.2 Å². The van der Waals surface area contributed by atoms with Gasteiger partial charge in [-0.3, -0.25) is 0 Å². The summed E-state index contributed by atoms with van der Waals surface area (Å²) in [5.74, 6) is 3.15. The molecule has 2 radical (unpaired) electrons. The summed E-state index contributed by atoms with van der Waals surface area (Å²) in [7, 11) is 0. The van der Waals surface area contributed by atoms with Crippen molar-refractivity contribution in [3.8, 4) is 23.0 Å². The third-order valence-corrected chi connectivity index (χ3v) is 15.1. The number of hydrogen-bond donors (Lipinski definition) is 0. The molecule has 7 heteroatoms. The van der Waals surface area contributed by atoms with Crippen LogP contribution in [0, 0.1) is 0 Å². The van der Waals surface area contributed by atoms with Crippen LogP contribution in [0.4, 0.5) is 0 Å². The van der Waals surface area contributed by atoms with Crippen LogP contribution in [-0.4, -0.2) is 71.7 Å². The molecule has 0 spiro atoms. The second-order valence-electron chi connectivity index (χ2n) is 11.2. The molecule has 0 saturated heterocycles. The van der Waals surface area contributed by atoms with Crippen molar-refractivity contribution in [1.29, 1.82) is 0 Å². The fourth-order valence-corrected chi connectivity index (χ4v) is 10.8. The van der Waals surface area contributed by atoms with Gasteiger partial charge in [-0.05, 0) is 0 Å². The number of carbonyl (C=O) groups is 1. The van der Waals surface area contributed by atoms with Crippen LogP contribution in [0.5, 0.6) is 23.0 Å². The Kier molecular flexibility index (Phi) is 11.8. The topological polar surface area (TPSA) is 54.0 Å². The number of unbranched alkanes of at least 4 members (excludes halogenated alkanes) is 2. The molecule has 0 saturated carbocycles. The first kappa shape index (κ1) is 29.9. The van der Waals surface area contributed by atoms with Gasteiger partial charge in [0.1, 0.15) is 0 Å². The van der Waals surface area contributed by atoms with Gasteiger partial charge in [-0.2, -0.15) is 0 Å². The standard InChI is InChI=1S/C27H32O5.4CH3.2Sn/c1-3-5-13-29-19-7-9-25-23(17-19)21(11-15-31-25)27(28)22-12-16-32-26-10-8-20(18-24(22)26)30-14-6-4-2;;;;;;/h7-10,17-18,21-22H,1-6,11-16H2;4*1H3;;. The fraction of sp³-hybridized carbons (Fsp3) is 0.581. The number of hydrogen-bond acceptors (Lipinski definition) is 5. The van der Waals surface area contributed by atoms with Crippen LogP contribution in [0.1, 0.15) is 61.5 Å². The molecule has 4 rings (SSSR count). The van der Waals surface area contributed by atoms with Crippen LogP contribution < -0.4 is 18.9 Å². The Labute approximate surface area is 243 Å². The zero-order valence-electron chi connectivity index (χ0n) is 23.6. The summed E-state index contributed by atoms with van der Waals surface area (Å²) in [6, 6.07) is 12.0. The second-order valence-corrected chi connectivity index (χ2v) is 27.8. The Bertz CT molecular complexity index is 973. The summed E-state index contributed by atoms with van der Waals surface area (Å²) in [5, 5.41) is 0. The van der Waals surface area contributed by atoms with Gasteiger partial charge in [-0.25, -0.2) is 0 Å². The van der Waals surface area contributed by atoms with Crippen LogP contribution in [-0.2, 0) is 4.79 Å². The summed E-state index contributed by atoms with van der Waals surface area (Å²) in [4.78, 5) is 23.8. The molecule has 2 heterocycles.